The summed E-state index contributed by atoms with van der Waals surface area (Å²) < 4.78 is 30.5. The summed E-state index contributed by atoms with van der Waals surface area (Å²) in [5.41, 5.74) is 2.10. The molecule has 3 fully saturated rings. The Balaban J connectivity index is 1.35. The fourth-order valence-corrected chi connectivity index (χ4v) is 6.37. The van der Waals surface area contributed by atoms with Gasteiger partial charge in [-0.1, -0.05) is 65.7 Å². The van der Waals surface area contributed by atoms with Gasteiger partial charge in [-0.25, -0.2) is 9.69 Å². The highest BCUT2D eigenvalue weighted by atomic mass is 35.5. The van der Waals surface area contributed by atoms with E-state index in [1.807, 2.05) is 68.4 Å². The number of halogens is 2. The zero-order valence-electron chi connectivity index (χ0n) is 23.9. The molecule has 3 heterocycles. The third-order valence-electron chi connectivity index (χ3n) is 7.78. The highest BCUT2D eigenvalue weighted by Gasteiger charge is 2.59. The van der Waals surface area contributed by atoms with Gasteiger partial charge in [-0.05, 0) is 55.3 Å². The van der Waals surface area contributed by atoms with E-state index in [4.69, 9.17) is 46.9 Å². The van der Waals surface area contributed by atoms with Gasteiger partial charge in [-0.2, -0.15) is 0 Å². The molecule has 1 unspecified atom stereocenters. The van der Waals surface area contributed by atoms with Crippen LogP contribution in [0.1, 0.15) is 31.4 Å². The van der Waals surface area contributed by atoms with Crippen LogP contribution in [0.15, 0.2) is 72.8 Å². The van der Waals surface area contributed by atoms with Crippen molar-refractivity contribution in [1.29, 1.82) is 0 Å². The number of anilines is 1. The molecule has 0 aromatic heterocycles. The van der Waals surface area contributed by atoms with E-state index in [1.54, 1.807) is 30.2 Å². The van der Waals surface area contributed by atoms with Crippen molar-refractivity contribution >= 4 is 40.8 Å². The molecular formula is C32H32Cl2N2O7. The fourth-order valence-electron chi connectivity index (χ4n) is 5.86. The topological polar surface area (TPSA) is 86.8 Å². The first kappa shape index (κ1) is 29.9. The molecule has 0 N–H and O–H groups in total. The molecule has 5 atom stereocenters. The summed E-state index contributed by atoms with van der Waals surface area (Å²) in [5.74, 6) is -0.601. The standard InChI is InChI=1S/C32H32Cl2N2O7/c1-32(2)42-29-28(40-18-20-7-5-4-6-8-20)27(41-30(29)43-32)25-16-26(37)36(23-14-21(33)13-22(34)15-23)31(38)35(25)17-19-9-11-24(39-3)12-10-19/h4-15,25,27-30H,16-18H2,1-3H3/t25?,27-,28+,29-,30-/m1/s1. The number of imide groups is 1. The Labute approximate surface area is 260 Å². The average molecular weight is 628 g/mol. The summed E-state index contributed by atoms with van der Waals surface area (Å²) in [5, 5.41) is 0.621. The second kappa shape index (κ2) is 12.1. The van der Waals surface area contributed by atoms with E-state index in [1.165, 1.54) is 0 Å². The predicted octanol–water partition coefficient (Wildman–Crippen LogP) is 6.19. The molecular weight excluding hydrogens is 595 g/mol. The molecule has 11 heteroatoms. The van der Waals surface area contributed by atoms with Gasteiger partial charge in [0.1, 0.15) is 24.1 Å². The lowest BCUT2D eigenvalue weighted by atomic mass is 9.95. The lowest BCUT2D eigenvalue weighted by molar-refractivity contribution is -0.226. The summed E-state index contributed by atoms with van der Waals surface area (Å²) in [4.78, 5) is 30.7. The minimum atomic E-state index is -0.877. The zero-order valence-corrected chi connectivity index (χ0v) is 25.5. The highest BCUT2D eigenvalue weighted by molar-refractivity contribution is 6.35. The van der Waals surface area contributed by atoms with Crippen molar-refractivity contribution in [3.63, 3.8) is 0 Å². The van der Waals surface area contributed by atoms with Gasteiger partial charge in [0.25, 0.3) is 0 Å². The smallest absolute Gasteiger partial charge is 0.332 e. The highest BCUT2D eigenvalue weighted by Crippen LogP contribution is 2.43. The summed E-state index contributed by atoms with van der Waals surface area (Å²) >= 11 is 12.5. The minimum absolute atomic E-state index is 0.0370. The van der Waals surface area contributed by atoms with E-state index in [-0.39, 0.29) is 13.0 Å². The minimum Gasteiger partial charge on any atom is -0.497 e. The number of amides is 3. The quantitative estimate of drug-likeness (QED) is 0.294. The number of carbonyl (C=O) groups is 2. The van der Waals surface area contributed by atoms with Gasteiger partial charge in [0, 0.05) is 16.6 Å². The Morgan fingerprint density at radius 2 is 1.60 bits per heavy atom. The number of fused-ring (bicyclic) bond motifs is 1. The molecule has 0 spiro atoms. The van der Waals surface area contributed by atoms with Crippen molar-refractivity contribution in [1.82, 2.24) is 4.90 Å². The molecule has 3 aliphatic rings. The van der Waals surface area contributed by atoms with Crippen LogP contribution in [0.3, 0.4) is 0 Å². The Hall–Kier alpha value is -3.18. The van der Waals surface area contributed by atoms with Crippen molar-refractivity contribution in [3.05, 3.63) is 94.0 Å². The van der Waals surface area contributed by atoms with E-state index in [0.717, 1.165) is 16.0 Å². The molecule has 3 amide bonds. The van der Waals surface area contributed by atoms with E-state index in [2.05, 4.69) is 0 Å². The van der Waals surface area contributed by atoms with E-state index in [0.29, 0.717) is 28.1 Å². The van der Waals surface area contributed by atoms with Crippen LogP contribution in [-0.2, 0) is 36.9 Å². The van der Waals surface area contributed by atoms with Crippen molar-refractivity contribution in [2.24, 2.45) is 0 Å². The van der Waals surface area contributed by atoms with Crippen molar-refractivity contribution in [2.75, 3.05) is 12.0 Å². The maximum Gasteiger partial charge on any atom is 0.332 e. The summed E-state index contributed by atoms with van der Waals surface area (Å²) in [6, 6.07) is 20.6. The largest absolute Gasteiger partial charge is 0.497 e. The first-order valence-electron chi connectivity index (χ1n) is 14.0. The lowest BCUT2D eigenvalue weighted by Gasteiger charge is -2.43. The molecule has 6 rings (SSSR count). The second-order valence-electron chi connectivity index (χ2n) is 11.2. The number of hydrogen-bond donors (Lipinski definition) is 0. The molecule has 0 bridgehead atoms. The number of nitrogens with zero attached hydrogens (tertiary/aromatic N) is 2. The number of ether oxygens (including phenoxy) is 5. The number of rotatable bonds is 8. The molecule has 3 aliphatic heterocycles. The monoisotopic (exact) mass is 626 g/mol. The summed E-state index contributed by atoms with van der Waals surface area (Å²) in [7, 11) is 1.59. The molecule has 9 nitrogen and oxygen atoms in total. The van der Waals surface area contributed by atoms with Crippen LogP contribution in [0.5, 0.6) is 5.75 Å². The van der Waals surface area contributed by atoms with Gasteiger partial charge in [0.15, 0.2) is 12.1 Å². The maximum absolute atomic E-state index is 14.3. The number of benzene rings is 3. The van der Waals surface area contributed by atoms with Crippen LogP contribution in [0, 0.1) is 0 Å². The van der Waals surface area contributed by atoms with Gasteiger partial charge in [-0.15, -0.1) is 0 Å². The van der Waals surface area contributed by atoms with Gasteiger partial charge in [0.05, 0.1) is 31.9 Å². The van der Waals surface area contributed by atoms with Gasteiger partial charge < -0.3 is 28.6 Å². The van der Waals surface area contributed by atoms with Crippen molar-refractivity contribution < 1.29 is 33.3 Å². The van der Waals surface area contributed by atoms with Crippen LogP contribution in [-0.4, -0.2) is 60.4 Å². The van der Waals surface area contributed by atoms with Crippen LogP contribution < -0.4 is 9.64 Å². The Morgan fingerprint density at radius 3 is 2.28 bits per heavy atom. The average Bonchev–Trinajstić information content (AvgIpc) is 3.45. The van der Waals surface area contributed by atoms with Crippen LogP contribution in [0.4, 0.5) is 10.5 Å². The van der Waals surface area contributed by atoms with E-state index in [9.17, 15) is 9.59 Å². The molecule has 43 heavy (non-hydrogen) atoms. The van der Waals surface area contributed by atoms with E-state index < -0.39 is 48.4 Å². The van der Waals surface area contributed by atoms with Crippen molar-refractivity contribution in [3.8, 4) is 5.75 Å². The Bertz CT molecular complexity index is 1470. The molecule has 3 aromatic carbocycles. The van der Waals surface area contributed by atoms with Gasteiger partial charge >= 0.3 is 6.03 Å². The third kappa shape index (κ3) is 6.24. The number of carbonyl (C=O) groups excluding carboxylic acids is 2. The Morgan fingerprint density at radius 1 is 0.907 bits per heavy atom. The zero-order chi connectivity index (χ0) is 30.3. The Kier molecular flexibility index (Phi) is 8.39. The SMILES string of the molecule is COc1ccc(CN2C(=O)N(c3cc(Cl)cc(Cl)c3)C(=O)CC2[C@H]2O[C@@H]3OC(C)(C)O[C@@H]3[C@H]2OCc2ccccc2)cc1. The molecule has 0 radical (unpaired) electrons. The first-order chi connectivity index (χ1) is 20.6. The first-order valence-corrected chi connectivity index (χ1v) is 14.8. The van der Waals surface area contributed by atoms with Crippen LogP contribution >= 0.6 is 23.2 Å². The molecule has 226 valence electrons. The van der Waals surface area contributed by atoms with Crippen LogP contribution in [0.2, 0.25) is 10.0 Å². The van der Waals surface area contributed by atoms with E-state index >= 15 is 0 Å². The number of urea groups is 1. The summed E-state index contributed by atoms with van der Waals surface area (Å²) in [6.07, 6.45) is -2.65. The second-order valence-corrected chi connectivity index (χ2v) is 12.1. The molecule has 3 saturated heterocycles. The summed E-state index contributed by atoms with van der Waals surface area (Å²) in [6.45, 7) is 4.11. The predicted molar refractivity (Wildman–Crippen MR) is 160 cm³/mol. The fraction of sp³-hybridized carbons (Fsp3) is 0.375. The molecule has 0 saturated carbocycles. The lowest BCUT2D eigenvalue weighted by Crippen LogP contribution is -2.62. The van der Waals surface area contributed by atoms with Crippen molar-refractivity contribution in [2.45, 2.75) is 69.9 Å². The molecule has 3 aromatic rings. The maximum atomic E-state index is 14.3. The number of hydrogen-bond acceptors (Lipinski definition) is 7. The third-order valence-corrected chi connectivity index (χ3v) is 8.22. The van der Waals surface area contributed by atoms with Crippen LogP contribution in [0.25, 0.3) is 0 Å². The molecule has 0 aliphatic carbocycles. The number of methoxy groups -OCH3 is 1. The van der Waals surface area contributed by atoms with Gasteiger partial charge in [0.2, 0.25) is 5.91 Å². The normalized spacial score (nSPS) is 26.6. The van der Waals surface area contributed by atoms with Gasteiger partial charge in [-0.3, -0.25) is 4.79 Å².